The average Bonchev–Trinajstić information content (AvgIpc) is 2.59. The van der Waals surface area contributed by atoms with Gasteiger partial charge in [-0.3, -0.25) is 4.79 Å². The van der Waals surface area contributed by atoms with Gasteiger partial charge in [-0.25, -0.2) is 9.97 Å². The summed E-state index contributed by atoms with van der Waals surface area (Å²) in [7, 11) is 0. The van der Waals surface area contributed by atoms with Crippen LogP contribution >= 0.6 is 11.6 Å². The molecule has 0 bridgehead atoms. The number of piperidine rings is 1. The Hall–Kier alpha value is -2.14. The van der Waals surface area contributed by atoms with E-state index in [-0.39, 0.29) is 12.0 Å². The van der Waals surface area contributed by atoms with Crippen LogP contribution in [0.25, 0.3) is 0 Å². The fraction of sp³-hybridized carbons (Fsp3) is 0.450. The summed E-state index contributed by atoms with van der Waals surface area (Å²) in [5.74, 6) is 0.152. The minimum atomic E-state index is -0.0555. The molecule has 1 saturated heterocycles. The van der Waals surface area contributed by atoms with Gasteiger partial charge in [-0.2, -0.15) is 0 Å². The molecule has 1 atom stereocenters. The molecule has 1 aromatic heterocycles. The van der Waals surface area contributed by atoms with Gasteiger partial charge in [0, 0.05) is 29.4 Å². The topological polar surface area (TPSA) is 55.3 Å². The lowest BCUT2D eigenvalue weighted by Crippen LogP contribution is -2.44. The van der Waals surface area contributed by atoms with Crippen molar-refractivity contribution in [1.82, 2.24) is 14.9 Å². The first-order valence-electron chi connectivity index (χ1n) is 9.01. The average molecular weight is 374 g/mol. The highest BCUT2D eigenvalue weighted by Gasteiger charge is 2.25. The van der Waals surface area contributed by atoms with Crippen LogP contribution in [-0.2, 0) is 11.2 Å². The maximum atomic E-state index is 12.6. The van der Waals surface area contributed by atoms with E-state index in [0.717, 1.165) is 36.3 Å². The van der Waals surface area contributed by atoms with E-state index >= 15 is 0 Å². The summed E-state index contributed by atoms with van der Waals surface area (Å²) < 4.78 is 5.94. The summed E-state index contributed by atoms with van der Waals surface area (Å²) in [5, 5.41) is 0.704. The molecule has 1 amide bonds. The molecule has 0 saturated carbocycles. The van der Waals surface area contributed by atoms with Gasteiger partial charge in [-0.15, -0.1) is 0 Å². The normalized spacial score (nSPS) is 17.2. The Bertz CT molecular complexity index is 761. The molecule has 3 rings (SSSR count). The molecule has 5 nitrogen and oxygen atoms in total. The number of benzene rings is 1. The molecule has 0 spiro atoms. The van der Waals surface area contributed by atoms with Crippen LogP contribution in [0.5, 0.6) is 6.01 Å². The number of likely N-dealkylation sites (tertiary alicyclic amines) is 1. The van der Waals surface area contributed by atoms with Crippen LogP contribution in [0.4, 0.5) is 0 Å². The Morgan fingerprint density at radius 1 is 1.27 bits per heavy atom. The van der Waals surface area contributed by atoms with Gasteiger partial charge < -0.3 is 9.64 Å². The van der Waals surface area contributed by atoms with Crippen LogP contribution < -0.4 is 4.74 Å². The van der Waals surface area contributed by atoms with E-state index in [1.54, 1.807) is 0 Å². The Morgan fingerprint density at radius 3 is 2.77 bits per heavy atom. The van der Waals surface area contributed by atoms with E-state index in [2.05, 4.69) is 9.97 Å². The van der Waals surface area contributed by atoms with Gasteiger partial charge in [0.05, 0.1) is 6.54 Å². The zero-order valence-electron chi connectivity index (χ0n) is 15.2. The fourth-order valence-corrected chi connectivity index (χ4v) is 3.47. The number of amides is 1. The van der Waals surface area contributed by atoms with Gasteiger partial charge >= 0.3 is 6.01 Å². The molecule has 1 unspecified atom stereocenters. The van der Waals surface area contributed by atoms with Crippen molar-refractivity contribution in [3.8, 4) is 6.01 Å². The molecule has 138 valence electrons. The molecule has 26 heavy (non-hydrogen) atoms. The van der Waals surface area contributed by atoms with Crippen LogP contribution in [-0.4, -0.2) is 40.0 Å². The third-order valence-electron chi connectivity index (χ3n) is 4.48. The van der Waals surface area contributed by atoms with Crippen molar-refractivity contribution in [3.05, 3.63) is 52.3 Å². The molecule has 0 aliphatic carbocycles. The third kappa shape index (κ3) is 5.18. The Balaban J connectivity index is 1.54. The Kier molecular flexibility index (Phi) is 6.09. The van der Waals surface area contributed by atoms with Crippen LogP contribution in [0, 0.1) is 13.8 Å². The van der Waals surface area contributed by atoms with Crippen molar-refractivity contribution in [2.45, 2.75) is 45.6 Å². The first-order valence-corrected chi connectivity index (χ1v) is 9.38. The summed E-state index contributed by atoms with van der Waals surface area (Å²) in [6.07, 6.45) is 2.96. The molecule has 2 heterocycles. The molecule has 0 radical (unpaired) electrons. The van der Waals surface area contributed by atoms with E-state index in [9.17, 15) is 4.79 Å². The minimum Gasteiger partial charge on any atom is -0.458 e. The number of carbonyl (C=O) groups excluding carboxylic acids is 1. The Morgan fingerprint density at radius 2 is 2.04 bits per heavy atom. The zero-order valence-corrected chi connectivity index (χ0v) is 16.0. The monoisotopic (exact) mass is 373 g/mol. The van der Waals surface area contributed by atoms with Crippen molar-refractivity contribution >= 4 is 17.5 Å². The second-order valence-corrected chi connectivity index (χ2v) is 7.22. The molecule has 0 N–H and O–H groups in total. The lowest BCUT2D eigenvalue weighted by Gasteiger charge is -2.32. The standard InChI is InChI=1S/C20H24ClN3O2/c1-14-11-15(2)23-20(22-14)26-18-7-4-10-24(13-18)19(25)9-8-16-5-3-6-17(21)12-16/h3,5-6,11-12,18H,4,7-10,13H2,1-2H3. The van der Waals surface area contributed by atoms with Gasteiger partial charge in [0.2, 0.25) is 5.91 Å². The molecular weight excluding hydrogens is 350 g/mol. The van der Waals surface area contributed by atoms with Gasteiger partial charge in [0.15, 0.2) is 0 Å². The summed E-state index contributed by atoms with van der Waals surface area (Å²) in [5.41, 5.74) is 2.86. The maximum Gasteiger partial charge on any atom is 0.317 e. The van der Waals surface area contributed by atoms with E-state index in [1.165, 1.54) is 0 Å². The number of aryl methyl sites for hydroxylation is 3. The first kappa shape index (κ1) is 18.6. The molecule has 1 aliphatic rings. The summed E-state index contributed by atoms with van der Waals surface area (Å²) in [6.45, 7) is 5.22. The first-order chi connectivity index (χ1) is 12.5. The number of nitrogens with zero attached hydrogens (tertiary/aromatic N) is 3. The molecule has 1 aliphatic heterocycles. The highest BCUT2D eigenvalue weighted by Crippen LogP contribution is 2.18. The fourth-order valence-electron chi connectivity index (χ4n) is 3.26. The maximum absolute atomic E-state index is 12.6. The SMILES string of the molecule is Cc1cc(C)nc(OC2CCCN(C(=O)CCc3cccc(Cl)c3)C2)n1. The highest BCUT2D eigenvalue weighted by molar-refractivity contribution is 6.30. The van der Waals surface area contributed by atoms with E-state index in [4.69, 9.17) is 16.3 Å². The van der Waals surface area contributed by atoms with Crippen molar-refractivity contribution in [2.75, 3.05) is 13.1 Å². The van der Waals surface area contributed by atoms with Gasteiger partial charge in [0.1, 0.15) is 6.10 Å². The van der Waals surface area contributed by atoms with Gasteiger partial charge in [0.25, 0.3) is 0 Å². The van der Waals surface area contributed by atoms with Crippen molar-refractivity contribution in [2.24, 2.45) is 0 Å². The lowest BCUT2D eigenvalue weighted by molar-refractivity contribution is -0.133. The lowest BCUT2D eigenvalue weighted by atomic mass is 10.1. The van der Waals surface area contributed by atoms with Crippen LogP contribution in [0.1, 0.15) is 36.2 Å². The third-order valence-corrected chi connectivity index (χ3v) is 4.72. The zero-order chi connectivity index (χ0) is 18.5. The summed E-state index contributed by atoms with van der Waals surface area (Å²) in [6, 6.07) is 9.98. The second kappa shape index (κ2) is 8.49. The second-order valence-electron chi connectivity index (χ2n) is 6.79. The number of aromatic nitrogens is 2. The quantitative estimate of drug-likeness (QED) is 0.800. The number of hydrogen-bond donors (Lipinski definition) is 0. The molecular formula is C20H24ClN3O2. The molecule has 6 heteroatoms. The van der Waals surface area contributed by atoms with Crippen molar-refractivity contribution < 1.29 is 9.53 Å². The van der Waals surface area contributed by atoms with Crippen molar-refractivity contribution in [1.29, 1.82) is 0 Å². The smallest absolute Gasteiger partial charge is 0.317 e. The van der Waals surface area contributed by atoms with E-state index in [0.29, 0.717) is 30.4 Å². The van der Waals surface area contributed by atoms with Crippen LogP contribution in [0.2, 0.25) is 5.02 Å². The Labute approximate surface area is 159 Å². The number of hydrogen-bond acceptors (Lipinski definition) is 4. The minimum absolute atomic E-state index is 0.0555. The predicted octanol–water partition coefficient (Wildman–Crippen LogP) is 3.75. The number of carbonyl (C=O) groups is 1. The van der Waals surface area contributed by atoms with Crippen LogP contribution in [0.15, 0.2) is 30.3 Å². The van der Waals surface area contributed by atoms with Crippen molar-refractivity contribution in [3.63, 3.8) is 0 Å². The largest absolute Gasteiger partial charge is 0.458 e. The van der Waals surface area contributed by atoms with Gasteiger partial charge in [-0.05, 0) is 56.9 Å². The summed E-state index contributed by atoms with van der Waals surface area (Å²) >= 11 is 6.00. The molecule has 1 aromatic carbocycles. The molecule has 1 fully saturated rings. The molecule has 2 aromatic rings. The van der Waals surface area contributed by atoms with E-state index < -0.39 is 0 Å². The number of rotatable bonds is 5. The van der Waals surface area contributed by atoms with E-state index in [1.807, 2.05) is 49.1 Å². The highest BCUT2D eigenvalue weighted by atomic mass is 35.5. The number of ether oxygens (including phenoxy) is 1. The summed E-state index contributed by atoms with van der Waals surface area (Å²) in [4.78, 5) is 23.1. The van der Waals surface area contributed by atoms with Crippen LogP contribution in [0.3, 0.4) is 0 Å². The van der Waals surface area contributed by atoms with Gasteiger partial charge in [-0.1, -0.05) is 23.7 Å². The number of halogens is 1. The predicted molar refractivity (Wildman–Crippen MR) is 102 cm³/mol.